The Bertz CT molecular complexity index is 325. The fourth-order valence-corrected chi connectivity index (χ4v) is 1.02. The summed E-state index contributed by atoms with van der Waals surface area (Å²) in [5, 5.41) is 11.6. The first-order valence-electron chi connectivity index (χ1n) is 3.72. The maximum atomic E-state index is 10.5. The normalized spacial score (nSPS) is 9.62. The summed E-state index contributed by atoms with van der Waals surface area (Å²) < 4.78 is 0. The average molecular weight is 181 g/mol. The van der Waals surface area contributed by atoms with Gasteiger partial charge in [0.2, 0.25) is 0 Å². The molecule has 0 unspecified atom stereocenters. The lowest BCUT2D eigenvalue weighted by atomic mass is 10.1. The number of primary amides is 1. The molecular formula is C8H11N3O2. The Morgan fingerprint density at radius 2 is 2.23 bits per heavy atom. The van der Waals surface area contributed by atoms with Crippen molar-refractivity contribution in [3.8, 4) is 5.75 Å². The highest BCUT2D eigenvalue weighted by Crippen LogP contribution is 2.26. The summed E-state index contributed by atoms with van der Waals surface area (Å²) in [6, 6.07) is 4.07. The van der Waals surface area contributed by atoms with E-state index >= 15 is 0 Å². The summed E-state index contributed by atoms with van der Waals surface area (Å²) in [6.07, 6.45) is 0. The van der Waals surface area contributed by atoms with Crippen molar-refractivity contribution < 1.29 is 9.90 Å². The second-order valence-electron chi connectivity index (χ2n) is 2.50. The van der Waals surface area contributed by atoms with Crippen molar-refractivity contribution in [2.45, 2.75) is 6.54 Å². The van der Waals surface area contributed by atoms with Crippen molar-refractivity contribution in [3.63, 3.8) is 0 Å². The first-order chi connectivity index (χ1) is 6.15. The molecular weight excluding hydrogens is 170 g/mol. The summed E-state index contributed by atoms with van der Waals surface area (Å²) in [7, 11) is 0. The number of nitrogens with one attached hydrogen (secondary N) is 1. The van der Waals surface area contributed by atoms with Crippen molar-refractivity contribution in [1.29, 1.82) is 0 Å². The lowest BCUT2D eigenvalue weighted by molar-refractivity contribution is 0.259. The zero-order valence-corrected chi connectivity index (χ0v) is 6.95. The number of phenolic OH excluding ortho intramolecular Hbond substituents is 1. The Hall–Kier alpha value is -1.75. The smallest absolute Gasteiger partial charge is 0.316 e. The summed E-state index contributed by atoms with van der Waals surface area (Å²) in [5.41, 5.74) is 11.2. The van der Waals surface area contributed by atoms with E-state index in [0.29, 0.717) is 5.56 Å². The monoisotopic (exact) mass is 181 g/mol. The molecule has 0 spiro atoms. The van der Waals surface area contributed by atoms with Crippen molar-refractivity contribution in [3.05, 3.63) is 23.8 Å². The Morgan fingerprint density at radius 3 is 2.77 bits per heavy atom. The van der Waals surface area contributed by atoms with Crippen LogP contribution in [0.3, 0.4) is 0 Å². The topological polar surface area (TPSA) is 101 Å². The van der Waals surface area contributed by atoms with E-state index < -0.39 is 6.03 Å². The Morgan fingerprint density at radius 1 is 1.54 bits per heavy atom. The van der Waals surface area contributed by atoms with Gasteiger partial charge in [0.1, 0.15) is 5.75 Å². The molecule has 0 bridgehead atoms. The maximum Gasteiger partial charge on any atom is 0.316 e. The van der Waals surface area contributed by atoms with Gasteiger partial charge in [0.15, 0.2) is 0 Å². The van der Waals surface area contributed by atoms with Gasteiger partial charge in [-0.1, -0.05) is 12.1 Å². The number of phenols is 1. The number of hydrogen-bond acceptors (Lipinski definition) is 3. The van der Waals surface area contributed by atoms with Gasteiger partial charge in [-0.2, -0.15) is 0 Å². The van der Waals surface area contributed by atoms with E-state index in [1.165, 1.54) is 6.07 Å². The van der Waals surface area contributed by atoms with Gasteiger partial charge in [0, 0.05) is 6.54 Å². The van der Waals surface area contributed by atoms with Crippen LogP contribution in [0.15, 0.2) is 18.2 Å². The molecule has 1 aromatic carbocycles. The van der Waals surface area contributed by atoms with Gasteiger partial charge >= 0.3 is 6.03 Å². The quantitative estimate of drug-likeness (QED) is 0.495. The second kappa shape index (κ2) is 3.77. The fraction of sp³-hybridized carbons (Fsp3) is 0.125. The van der Waals surface area contributed by atoms with Crippen LogP contribution >= 0.6 is 0 Å². The number of carbonyl (C=O) groups is 1. The van der Waals surface area contributed by atoms with Crippen LogP contribution in [0, 0.1) is 0 Å². The number of nitrogens with two attached hydrogens (primary N) is 2. The molecule has 13 heavy (non-hydrogen) atoms. The fourth-order valence-electron chi connectivity index (χ4n) is 1.02. The van der Waals surface area contributed by atoms with Crippen molar-refractivity contribution in [2.75, 3.05) is 5.32 Å². The van der Waals surface area contributed by atoms with Crippen molar-refractivity contribution in [1.82, 2.24) is 0 Å². The molecule has 0 heterocycles. The number of hydrogen-bond donors (Lipinski definition) is 4. The van der Waals surface area contributed by atoms with Crippen LogP contribution in [-0.2, 0) is 6.54 Å². The third kappa shape index (κ3) is 2.09. The van der Waals surface area contributed by atoms with Crippen LogP contribution in [0.2, 0.25) is 0 Å². The minimum atomic E-state index is -0.726. The number of para-hydroxylation sites is 1. The first-order valence-corrected chi connectivity index (χ1v) is 3.72. The Kier molecular flexibility index (Phi) is 2.71. The van der Waals surface area contributed by atoms with Gasteiger partial charge in [-0.25, -0.2) is 4.79 Å². The van der Waals surface area contributed by atoms with Gasteiger partial charge in [-0.15, -0.1) is 0 Å². The molecule has 0 saturated carbocycles. The van der Waals surface area contributed by atoms with Gasteiger partial charge < -0.3 is 21.9 Å². The number of urea groups is 1. The minimum absolute atomic E-state index is 0.0400. The standard InChI is InChI=1S/C8H11N3O2/c9-4-5-2-1-3-6(12)7(5)11-8(10)13/h1-3,12H,4,9H2,(H3,10,11,13). The molecule has 0 aromatic heterocycles. The summed E-state index contributed by atoms with van der Waals surface area (Å²) in [4.78, 5) is 10.5. The second-order valence-corrected chi connectivity index (χ2v) is 2.50. The average Bonchev–Trinajstić information content (AvgIpc) is 2.08. The van der Waals surface area contributed by atoms with Crippen molar-refractivity contribution in [2.24, 2.45) is 11.5 Å². The number of amides is 2. The molecule has 5 heteroatoms. The predicted octanol–water partition coefficient (Wildman–Crippen LogP) is 0.342. The minimum Gasteiger partial charge on any atom is -0.506 e. The molecule has 0 aliphatic carbocycles. The van der Waals surface area contributed by atoms with E-state index in [0.717, 1.165) is 0 Å². The summed E-state index contributed by atoms with van der Waals surface area (Å²) >= 11 is 0. The lowest BCUT2D eigenvalue weighted by Crippen LogP contribution is -2.20. The summed E-state index contributed by atoms with van der Waals surface area (Å²) in [5.74, 6) is -0.0400. The highest BCUT2D eigenvalue weighted by atomic mass is 16.3. The molecule has 1 aromatic rings. The molecule has 2 amide bonds. The van der Waals surface area contributed by atoms with Crippen LogP contribution in [-0.4, -0.2) is 11.1 Å². The largest absolute Gasteiger partial charge is 0.506 e. The highest BCUT2D eigenvalue weighted by Gasteiger charge is 2.07. The van der Waals surface area contributed by atoms with Gasteiger partial charge in [0.25, 0.3) is 0 Å². The van der Waals surface area contributed by atoms with Gasteiger partial charge in [-0.3, -0.25) is 0 Å². The molecule has 0 aliphatic rings. The van der Waals surface area contributed by atoms with Gasteiger partial charge in [0.05, 0.1) is 5.69 Å². The molecule has 1 rings (SSSR count). The van der Waals surface area contributed by atoms with Gasteiger partial charge in [-0.05, 0) is 11.6 Å². The molecule has 0 fully saturated rings. The number of carbonyl (C=O) groups excluding carboxylic acids is 1. The van der Waals surface area contributed by atoms with E-state index in [1.54, 1.807) is 12.1 Å². The number of aromatic hydroxyl groups is 1. The molecule has 0 aliphatic heterocycles. The van der Waals surface area contributed by atoms with E-state index in [2.05, 4.69) is 5.32 Å². The van der Waals surface area contributed by atoms with E-state index in [9.17, 15) is 9.90 Å². The molecule has 0 radical (unpaired) electrons. The third-order valence-electron chi connectivity index (χ3n) is 1.60. The van der Waals surface area contributed by atoms with Crippen LogP contribution < -0.4 is 16.8 Å². The first kappa shape index (κ1) is 9.34. The zero-order chi connectivity index (χ0) is 9.84. The Balaban J connectivity index is 3.07. The van der Waals surface area contributed by atoms with Crippen molar-refractivity contribution >= 4 is 11.7 Å². The van der Waals surface area contributed by atoms with Crippen LogP contribution in [0.4, 0.5) is 10.5 Å². The van der Waals surface area contributed by atoms with E-state index in [1.807, 2.05) is 0 Å². The highest BCUT2D eigenvalue weighted by molar-refractivity contribution is 5.90. The molecule has 5 nitrogen and oxygen atoms in total. The Labute approximate surface area is 75.3 Å². The molecule has 6 N–H and O–H groups in total. The predicted molar refractivity (Wildman–Crippen MR) is 49.2 cm³/mol. The molecule has 70 valence electrons. The van der Waals surface area contributed by atoms with Crippen LogP contribution in [0.1, 0.15) is 5.56 Å². The number of rotatable bonds is 2. The van der Waals surface area contributed by atoms with E-state index in [-0.39, 0.29) is 18.0 Å². The SMILES string of the molecule is NCc1cccc(O)c1NC(N)=O. The lowest BCUT2D eigenvalue weighted by Gasteiger charge is -2.09. The number of anilines is 1. The third-order valence-corrected chi connectivity index (χ3v) is 1.60. The zero-order valence-electron chi connectivity index (χ0n) is 6.95. The number of benzene rings is 1. The summed E-state index contributed by atoms with van der Waals surface area (Å²) in [6.45, 7) is 0.226. The molecule has 0 atom stereocenters. The van der Waals surface area contributed by atoms with Crippen LogP contribution in [0.25, 0.3) is 0 Å². The van der Waals surface area contributed by atoms with E-state index in [4.69, 9.17) is 11.5 Å². The van der Waals surface area contributed by atoms with Crippen LogP contribution in [0.5, 0.6) is 5.75 Å². The maximum absolute atomic E-state index is 10.5. The molecule has 0 saturated heterocycles.